The molecule has 0 saturated heterocycles. The Morgan fingerprint density at radius 2 is 1.69 bits per heavy atom. The van der Waals surface area contributed by atoms with E-state index in [9.17, 15) is 0 Å². The van der Waals surface area contributed by atoms with Crippen molar-refractivity contribution in [3.63, 3.8) is 0 Å². The molecule has 2 rings (SSSR count). The zero-order valence-corrected chi connectivity index (χ0v) is 10.7. The molecular formula is C13H15Cl2N. The van der Waals surface area contributed by atoms with Gasteiger partial charge in [0, 0.05) is 22.1 Å². The Bertz CT molecular complexity index is 373. The molecule has 1 aromatic rings. The molecule has 0 radical (unpaired) electrons. The Balaban J connectivity index is 2.04. The number of nitrogens with one attached hydrogen (secondary N) is 1. The lowest BCUT2D eigenvalue weighted by molar-refractivity contribution is 0.471. The van der Waals surface area contributed by atoms with Crippen molar-refractivity contribution in [1.29, 1.82) is 0 Å². The van der Waals surface area contributed by atoms with Gasteiger partial charge >= 0.3 is 0 Å². The van der Waals surface area contributed by atoms with E-state index in [1.54, 1.807) is 6.07 Å². The zero-order valence-electron chi connectivity index (χ0n) is 9.21. The van der Waals surface area contributed by atoms with E-state index in [2.05, 4.69) is 24.4 Å². The number of rotatable bonds is 3. The van der Waals surface area contributed by atoms with Crippen LogP contribution in [0.25, 0.3) is 0 Å². The highest BCUT2D eigenvalue weighted by molar-refractivity contribution is 6.34. The Labute approximate surface area is 106 Å². The van der Waals surface area contributed by atoms with Crippen LogP contribution in [0.5, 0.6) is 0 Å². The largest absolute Gasteiger partial charge is 0.307 e. The molecule has 1 aromatic carbocycles. The Morgan fingerprint density at radius 1 is 1.12 bits per heavy atom. The van der Waals surface area contributed by atoms with Crippen LogP contribution in [0.15, 0.2) is 30.4 Å². The third-order valence-corrected chi connectivity index (χ3v) is 3.31. The van der Waals surface area contributed by atoms with Gasteiger partial charge in [0.2, 0.25) is 0 Å². The van der Waals surface area contributed by atoms with Crippen molar-refractivity contribution in [2.45, 2.75) is 31.8 Å². The van der Waals surface area contributed by atoms with Gasteiger partial charge in [0.15, 0.2) is 0 Å². The van der Waals surface area contributed by atoms with Gasteiger partial charge < -0.3 is 5.32 Å². The first-order valence-electron chi connectivity index (χ1n) is 5.52. The molecule has 3 heteroatoms. The van der Waals surface area contributed by atoms with Crippen LogP contribution >= 0.6 is 23.2 Å². The molecule has 16 heavy (non-hydrogen) atoms. The maximum Gasteiger partial charge on any atom is 0.0424 e. The summed E-state index contributed by atoms with van der Waals surface area (Å²) >= 11 is 12.0. The van der Waals surface area contributed by atoms with Gasteiger partial charge in [-0.25, -0.2) is 0 Å². The molecule has 0 bridgehead atoms. The molecule has 1 aliphatic rings. The highest BCUT2D eigenvalue weighted by Gasteiger charge is 2.14. The number of hydrogen-bond acceptors (Lipinski definition) is 1. The molecule has 0 aliphatic heterocycles. The van der Waals surface area contributed by atoms with Gasteiger partial charge in [-0.15, -0.1) is 0 Å². The molecule has 0 fully saturated rings. The molecule has 0 amide bonds. The van der Waals surface area contributed by atoms with Crippen LogP contribution in [0.2, 0.25) is 10.0 Å². The molecule has 1 aliphatic carbocycles. The lowest BCUT2D eigenvalue weighted by Crippen LogP contribution is -2.29. The molecule has 1 N–H and O–H groups in total. The van der Waals surface area contributed by atoms with Crippen molar-refractivity contribution in [2.75, 3.05) is 0 Å². The van der Waals surface area contributed by atoms with Gasteiger partial charge in [0.05, 0.1) is 0 Å². The topological polar surface area (TPSA) is 12.0 Å². The molecule has 1 unspecified atom stereocenters. The van der Waals surface area contributed by atoms with Crippen LogP contribution in [0.4, 0.5) is 0 Å². The summed E-state index contributed by atoms with van der Waals surface area (Å²) in [7, 11) is 0. The van der Waals surface area contributed by atoms with Crippen LogP contribution in [0.1, 0.15) is 31.4 Å². The average molecular weight is 256 g/mol. The third kappa shape index (κ3) is 3.00. The molecule has 0 aromatic heterocycles. The fourth-order valence-electron chi connectivity index (χ4n) is 2.03. The summed E-state index contributed by atoms with van der Waals surface area (Å²) in [6, 6.07) is 6.52. The quantitative estimate of drug-likeness (QED) is 0.792. The minimum absolute atomic E-state index is 0.279. The van der Waals surface area contributed by atoms with E-state index in [-0.39, 0.29) is 6.04 Å². The van der Waals surface area contributed by atoms with Crippen LogP contribution in [-0.4, -0.2) is 6.04 Å². The molecule has 0 spiro atoms. The molecule has 0 heterocycles. The van der Waals surface area contributed by atoms with Crippen molar-refractivity contribution in [3.8, 4) is 0 Å². The minimum atomic E-state index is 0.279. The van der Waals surface area contributed by atoms with Crippen molar-refractivity contribution >= 4 is 23.2 Å². The Morgan fingerprint density at radius 3 is 2.25 bits per heavy atom. The van der Waals surface area contributed by atoms with Crippen LogP contribution < -0.4 is 5.32 Å². The normalized spacial score (nSPS) is 17.9. The summed E-state index contributed by atoms with van der Waals surface area (Å²) in [6.45, 7) is 2.14. The smallest absolute Gasteiger partial charge is 0.0424 e. The van der Waals surface area contributed by atoms with Crippen molar-refractivity contribution in [2.24, 2.45) is 0 Å². The van der Waals surface area contributed by atoms with Crippen LogP contribution in [0, 0.1) is 0 Å². The highest BCUT2D eigenvalue weighted by Crippen LogP contribution is 2.24. The van der Waals surface area contributed by atoms with E-state index < -0.39 is 0 Å². The first-order chi connectivity index (χ1) is 7.65. The first-order valence-corrected chi connectivity index (χ1v) is 6.28. The van der Waals surface area contributed by atoms with Gasteiger partial charge in [-0.2, -0.15) is 0 Å². The monoisotopic (exact) mass is 255 g/mol. The standard InChI is InChI=1S/C13H15Cl2N/c1-9(16-13-4-2-3-5-13)10-6-11(14)8-12(15)7-10/h2-3,6-9,13,16H,4-5H2,1H3. The van der Waals surface area contributed by atoms with Gasteiger partial charge in [-0.05, 0) is 43.5 Å². The summed E-state index contributed by atoms with van der Waals surface area (Å²) in [5.41, 5.74) is 1.14. The number of halogens is 2. The van der Waals surface area contributed by atoms with Crippen molar-refractivity contribution < 1.29 is 0 Å². The van der Waals surface area contributed by atoms with E-state index in [0.717, 1.165) is 18.4 Å². The molecule has 1 atom stereocenters. The SMILES string of the molecule is CC(NC1CC=CC1)c1cc(Cl)cc(Cl)c1. The van der Waals surface area contributed by atoms with E-state index in [1.165, 1.54) is 0 Å². The van der Waals surface area contributed by atoms with Gasteiger partial charge in [-0.1, -0.05) is 35.4 Å². The lowest BCUT2D eigenvalue weighted by Gasteiger charge is -2.20. The molecule has 0 saturated carbocycles. The number of hydrogen-bond donors (Lipinski definition) is 1. The predicted molar refractivity (Wildman–Crippen MR) is 70.2 cm³/mol. The van der Waals surface area contributed by atoms with E-state index in [0.29, 0.717) is 16.1 Å². The summed E-state index contributed by atoms with van der Waals surface area (Å²) in [6.07, 6.45) is 6.65. The first kappa shape index (κ1) is 12.0. The zero-order chi connectivity index (χ0) is 11.5. The average Bonchev–Trinajstić information content (AvgIpc) is 2.68. The summed E-state index contributed by atoms with van der Waals surface area (Å²) in [5, 5.41) is 4.96. The van der Waals surface area contributed by atoms with E-state index >= 15 is 0 Å². The van der Waals surface area contributed by atoms with Crippen molar-refractivity contribution in [3.05, 3.63) is 46.0 Å². The van der Waals surface area contributed by atoms with Gasteiger partial charge in [0.25, 0.3) is 0 Å². The summed E-state index contributed by atoms with van der Waals surface area (Å²) < 4.78 is 0. The molecule has 1 nitrogen and oxygen atoms in total. The minimum Gasteiger partial charge on any atom is -0.307 e. The lowest BCUT2D eigenvalue weighted by atomic mass is 10.1. The fourth-order valence-corrected chi connectivity index (χ4v) is 2.57. The number of benzene rings is 1. The Hall–Kier alpha value is -0.500. The Kier molecular flexibility index (Phi) is 3.91. The van der Waals surface area contributed by atoms with E-state index in [4.69, 9.17) is 23.2 Å². The summed E-state index contributed by atoms with van der Waals surface area (Å²) in [5.74, 6) is 0. The van der Waals surface area contributed by atoms with Crippen molar-refractivity contribution in [1.82, 2.24) is 5.32 Å². The second-order valence-corrected chi connectivity index (χ2v) is 5.10. The molecular weight excluding hydrogens is 241 g/mol. The highest BCUT2D eigenvalue weighted by atomic mass is 35.5. The second-order valence-electron chi connectivity index (χ2n) is 4.23. The predicted octanol–water partition coefficient (Wildman–Crippen LogP) is 4.36. The summed E-state index contributed by atoms with van der Waals surface area (Å²) in [4.78, 5) is 0. The van der Waals surface area contributed by atoms with Gasteiger partial charge in [-0.3, -0.25) is 0 Å². The second kappa shape index (κ2) is 5.22. The van der Waals surface area contributed by atoms with E-state index in [1.807, 2.05) is 12.1 Å². The molecule has 86 valence electrons. The maximum absolute atomic E-state index is 5.99. The third-order valence-electron chi connectivity index (χ3n) is 2.88. The van der Waals surface area contributed by atoms with Gasteiger partial charge in [0.1, 0.15) is 0 Å². The van der Waals surface area contributed by atoms with Crippen LogP contribution in [0.3, 0.4) is 0 Å². The fraction of sp³-hybridized carbons (Fsp3) is 0.385. The maximum atomic E-state index is 5.99. The van der Waals surface area contributed by atoms with Crippen LogP contribution in [-0.2, 0) is 0 Å².